The average molecular weight is 353 g/mol. The Kier molecular flexibility index (Phi) is 4.69. The Morgan fingerprint density at radius 1 is 1.33 bits per heavy atom. The lowest BCUT2D eigenvalue weighted by Crippen LogP contribution is -2.32. The van der Waals surface area contributed by atoms with Gasteiger partial charge in [0.15, 0.2) is 5.82 Å². The molecule has 8 heteroatoms. The number of hydrogen-bond donors (Lipinski definition) is 0. The van der Waals surface area contributed by atoms with E-state index in [4.69, 9.17) is 4.52 Å². The van der Waals surface area contributed by atoms with Crippen LogP contribution in [0.25, 0.3) is 0 Å². The Labute approximate surface area is 140 Å². The molecule has 0 saturated carbocycles. The van der Waals surface area contributed by atoms with E-state index in [-0.39, 0.29) is 17.5 Å². The monoisotopic (exact) mass is 353 g/mol. The predicted molar refractivity (Wildman–Crippen MR) is 86.1 cm³/mol. The first-order chi connectivity index (χ1) is 11.4. The molecular weight excluding hydrogens is 333 g/mol. The molecule has 1 atom stereocenters. The highest BCUT2D eigenvalue weighted by Crippen LogP contribution is 2.34. The first kappa shape index (κ1) is 17.0. The Hall–Kier alpha value is -1.80. The SMILES string of the molecule is CC(C)c1noc(C2CCCN2S(=O)(=O)Cc2ccc(F)cc2)n1. The molecule has 1 fully saturated rings. The largest absolute Gasteiger partial charge is 0.338 e. The van der Waals surface area contributed by atoms with E-state index in [2.05, 4.69) is 10.1 Å². The van der Waals surface area contributed by atoms with Gasteiger partial charge in [-0.05, 0) is 30.5 Å². The van der Waals surface area contributed by atoms with E-state index in [1.165, 1.54) is 28.6 Å². The Morgan fingerprint density at radius 3 is 2.67 bits per heavy atom. The van der Waals surface area contributed by atoms with Crippen molar-refractivity contribution < 1.29 is 17.3 Å². The summed E-state index contributed by atoms with van der Waals surface area (Å²) in [5.74, 6) is 0.483. The first-order valence-corrected chi connectivity index (χ1v) is 9.55. The van der Waals surface area contributed by atoms with Gasteiger partial charge in [-0.25, -0.2) is 12.8 Å². The molecule has 3 rings (SSSR count). The van der Waals surface area contributed by atoms with Gasteiger partial charge < -0.3 is 4.52 Å². The van der Waals surface area contributed by atoms with Crippen molar-refractivity contribution >= 4 is 10.0 Å². The minimum atomic E-state index is -3.55. The van der Waals surface area contributed by atoms with Gasteiger partial charge in [0.05, 0.1) is 5.75 Å². The number of hydrogen-bond acceptors (Lipinski definition) is 5. The minimum Gasteiger partial charge on any atom is -0.338 e. The zero-order valence-electron chi connectivity index (χ0n) is 13.6. The molecule has 0 N–H and O–H groups in total. The number of aromatic nitrogens is 2. The highest BCUT2D eigenvalue weighted by Gasteiger charge is 2.38. The molecule has 0 spiro atoms. The Bertz CT molecular complexity index is 802. The van der Waals surface area contributed by atoms with Gasteiger partial charge in [-0.15, -0.1) is 0 Å². The fourth-order valence-electron chi connectivity index (χ4n) is 2.81. The summed E-state index contributed by atoms with van der Waals surface area (Å²) in [6.45, 7) is 4.33. The summed E-state index contributed by atoms with van der Waals surface area (Å²) in [6.07, 6.45) is 1.40. The molecule has 1 aliphatic rings. The maximum absolute atomic E-state index is 13.0. The molecule has 1 aromatic carbocycles. The number of rotatable bonds is 5. The van der Waals surface area contributed by atoms with Gasteiger partial charge in [0.1, 0.15) is 11.9 Å². The molecule has 24 heavy (non-hydrogen) atoms. The van der Waals surface area contributed by atoms with E-state index in [9.17, 15) is 12.8 Å². The van der Waals surface area contributed by atoms with Crippen molar-refractivity contribution in [3.63, 3.8) is 0 Å². The van der Waals surface area contributed by atoms with E-state index < -0.39 is 16.1 Å². The molecular formula is C16H20FN3O3S. The number of nitrogens with zero attached hydrogens (tertiary/aromatic N) is 3. The number of sulfonamides is 1. The molecule has 0 aliphatic carbocycles. The molecule has 2 heterocycles. The molecule has 6 nitrogen and oxygen atoms in total. The second-order valence-electron chi connectivity index (χ2n) is 6.30. The van der Waals surface area contributed by atoms with Crippen molar-refractivity contribution in [1.29, 1.82) is 0 Å². The maximum Gasteiger partial charge on any atom is 0.245 e. The van der Waals surface area contributed by atoms with Crippen LogP contribution in [-0.2, 0) is 15.8 Å². The minimum absolute atomic E-state index is 0.119. The van der Waals surface area contributed by atoms with Gasteiger partial charge in [-0.1, -0.05) is 31.1 Å². The highest BCUT2D eigenvalue weighted by molar-refractivity contribution is 7.88. The van der Waals surface area contributed by atoms with Crippen molar-refractivity contribution in [2.24, 2.45) is 0 Å². The van der Waals surface area contributed by atoms with Crippen LogP contribution in [-0.4, -0.2) is 29.4 Å². The number of halogens is 1. The summed E-state index contributed by atoms with van der Waals surface area (Å²) in [5.41, 5.74) is 0.551. The van der Waals surface area contributed by atoms with Crippen LogP contribution in [0.1, 0.15) is 55.9 Å². The van der Waals surface area contributed by atoms with Crippen LogP contribution in [0.2, 0.25) is 0 Å². The van der Waals surface area contributed by atoms with E-state index in [1.807, 2.05) is 13.8 Å². The van der Waals surface area contributed by atoms with Gasteiger partial charge in [0.25, 0.3) is 0 Å². The third-order valence-electron chi connectivity index (χ3n) is 4.08. The van der Waals surface area contributed by atoms with Gasteiger partial charge >= 0.3 is 0 Å². The van der Waals surface area contributed by atoms with Gasteiger partial charge in [0, 0.05) is 12.5 Å². The normalized spacial score (nSPS) is 19.2. The highest BCUT2D eigenvalue weighted by atomic mass is 32.2. The number of benzene rings is 1. The smallest absolute Gasteiger partial charge is 0.245 e. The molecule has 0 amide bonds. The second-order valence-corrected chi connectivity index (χ2v) is 8.22. The molecule has 0 radical (unpaired) electrons. The zero-order chi connectivity index (χ0) is 17.3. The van der Waals surface area contributed by atoms with Crippen molar-refractivity contribution in [3.8, 4) is 0 Å². The Morgan fingerprint density at radius 2 is 2.04 bits per heavy atom. The molecule has 130 valence electrons. The van der Waals surface area contributed by atoms with E-state index >= 15 is 0 Å². The Balaban J connectivity index is 1.81. The van der Waals surface area contributed by atoms with Crippen LogP contribution in [0, 0.1) is 5.82 Å². The van der Waals surface area contributed by atoms with Crippen molar-refractivity contribution in [1.82, 2.24) is 14.4 Å². The van der Waals surface area contributed by atoms with E-state index in [0.717, 1.165) is 6.42 Å². The van der Waals surface area contributed by atoms with E-state index in [0.29, 0.717) is 30.2 Å². The van der Waals surface area contributed by atoms with Crippen molar-refractivity contribution in [3.05, 3.63) is 47.4 Å². The fourth-order valence-corrected chi connectivity index (χ4v) is 4.58. The van der Waals surface area contributed by atoms with E-state index in [1.54, 1.807) is 0 Å². The third-order valence-corrected chi connectivity index (χ3v) is 5.93. The molecule has 1 saturated heterocycles. The lowest BCUT2D eigenvalue weighted by atomic mass is 10.2. The fraction of sp³-hybridized carbons (Fsp3) is 0.500. The first-order valence-electron chi connectivity index (χ1n) is 7.94. The summed E-state index contributed by atoms with van der Waals surface area (Å²) in [5, 5.41) is 3.92. The van der Waals surface area contributed by atoms with Crippen LogP contribution in [0.4, 0.5) is 4.39 Å². The van der Waals surface area contributed by atoms with Crippen LogP contribution in [0.5, 0.6) is 0 Å². The lowest BCUT2D eigenvalue weighted by molar-refractivity contribution is 0.288. The van der Waals surface area contributed by atoms with Crippen LogP contribution < -0.4 is 0 Å². The maximum atomic E-state index is 13.0. The standard InChI is InChI=1S/C16H20FN3O3S/c1-11(2)15-18-16(23-19-15)14-4-3-9-20(14)24(21,22)10-12-5-7-13(17)8-6-12/h5-8,11,14H,3-4,9-10H2,1-2H3. The zero-order valence-corrected chi connectivity index (χ0v) is 14.5. The van der Waals surface area contributed by atoms with Crippen LogP contribution >= 0.6 is 0 Å². The van der Waals surface area contributed by atoms with Gasteiger partial charge in [-0.3, -0.25) is 0 Å². The van der Waals surface area contributed by atoms with Crippen LogP contribution in [0.3, 0.4) is 0 Å². The van der Waals surface area contributed by atoms with Crippen molar-refractivity contribution in [2.75, 3.05) is 6.54 Å². The summed E-state index contributed by atoms with van der Waals surface area (Å²) < 4.78 is 45.2. The summed E-state index contributed by atoms with van der Waals surface area (Å²) >= 11 is 0. The lowest BCUT2D eigenvalue weighted by Gasteiger charge is -2.21. The summed E-state index contributed by atoms with van der Waals surface area (Å²) in [7, 11) is -3.55. The molecule has 1 unspecified atom stereocenters. The third kappa shape index (κ3) is 3.49. The summed E-state index contributed by atoms with van der Waals surface area (Å²) in [4.78, 5) is 4.34. The van der Waals surface area contributed by atoms with Crippen molar-refractivity contribution in [2.45, 2.75) is 44.4 Å². The quantitative estimate of drug-likeness (QED) is 0.826. The summed E-state index contributed by atoms with van der Waals surface area (Å²) in [6, 6.07) is 5.08. The molecule has 2 aromatic rings. The average Bonchev–Trinajstić information content (AvgIpc) is 3.17. The molecule has 1 aromatic heterocycles. The molecule has 0 bridgehead atoms. The molecule has 1 aliphatic heterocycles. The topological polar surface area (TPSA) is 76.3 Å². The van der Waals surface area contributed by atoms with Gasteiger partial charge in [0.2, 0.25) is 15.9 Å². The predicted octanol–water partition coefficient (Wildman–Crippen LogP) is 3.00. The second kappa shape index (κ2) is 6.60. The van der Waals surface area contributed by atoms with Gasteiger partial charge in [-0.2, -0.15) is 9.29 Å². The van der Waals surface area contributed by atoms with Crippen LogP contribution in [0.15, 0.2) is 28.8 Å².